The topological polar surface area (TPSA) is 55.4 Å². The van der Waals surface area contributed by atoms with Gasteiger partial charge < -0.3 is 4.74 Å². The van der Waals surface area contributed by atoms with E-state index >= 15 is 0 Å². The minimum absolute atomic E-state index is 0.0827. The Kier molecular flexibility index (Phi) is 4.84. The molecule has 21 heavy (non-hydrogen) atoms. The van der Waals surface area contributed by atoms with Crippen LogP contribution in [0.3, 0.4) is 0 Å². The molecule has 0 heterocycles. The predicted octanol–water partition coefficient (Wildman–Crippen LogP) is 3.79. The molecule has 0 fully saturated rings. The van der Waals surface area contributed by atoms with Crippen molar-refractivity contribution >= 4 is 31.6 Å². The Morgan fingerprint density at radius 1 is 1.24 bits per heavy atom. The number of halogens is 2. The third kappa shape index (κ3) is 3.74. The van der Waals surface area contributed by atoms with Gasteiger partial charge in [0.05, 0.1) is 12.3 Å². The first-order valence-electron chi connectivity index (χ1n) is 6.13. The molecule has 0 aliphatic rings. The van der Waals surface area contributed by atoms with E-state index in [0.717, 1.165) is 6.07 Å². The molecule has 0 atom stereocenters. The highest BCUT2D eigenvalue weighted by atomic mass is 79.9. The minimum atomic E-state index is -3.79. The second kappa shape index (κ2) is 6.44. The van der Waals surface area contributed by atoms with Gasteiger partial charge in [0.2, 0.25) is 0 Å². The van der Waals surface area contributed by atoms with E-state index in [4.69, 9.17) is 4.74 Å². The molecule has 2 rings (SSSR count). The maximum atomic E-state index is 13.7. The fourth-order valence-electron chi connectivity index (χ4n) is 1.71. The Hall–Kier alpha value is -1.60. The van der Waals surface area contributed by atoms with Crippen molar-refractivity contribution in [1.29, 1.82) is 0 Å². The summed E-state index contributed by atoms with van der Waals surface area (Å²) in [5.74, 6) is -0.537. The Morgan fingerprint density at radius 2 is 1.95 bits per heavy atom. The number of hydrogen-bond acceptors (Lipinski definition) is 3. The van der Waals surface area contributed by atoms with E-state index < -0.39 is 15.8 Å². The summed E-state index contributed by atoms with van der Waals surface area (Å²) in [6.07, 6.45) is 0. The molecule has 112 valence electrons. The van der Waals surface area contributed by atoms with Crippen LogP contribution >= 0.6 is 15.9 Å². The van der Waals surface area contributed by atoms with Gasteiger partial charge in [-0.25, -0.2) is 12.8 Å². The summed E-state index contributed by atoms with van der Waals surface area (Å²) < 4.78 is 46.1. The molecular weight excluding hydrogens is 361 g/mol. The monoisotopic (exact) mass is 373 g/mol. The molecule has 0 aliphatic heterocycles. The average molecular weight is 374 g/mol. The highest BCUT2D eigenvalue weighted by Gasteiger charge is 2.17. The normalized spacial score (nSPS) is 11.2. The van der Waals surface area contributed by atoms with Gasteiger partial charge in [0.15, 0.2) is 11.6 Å². The fourth-order valence-corrected chi connectivity index (χ4v) is 3.76. The zero-order valence-electron chi connectivity index (χ0n) is 11.1. The van der Waals surface area contributed by atoms with Crippen LogP contribution in [-0.4, -0.2) is 15.0 Å². The van der Waals surface area contributed by atoms with E-state index in [0.29, 0.717) is 11.1 Å². The Labute approximate surface area is 131 Å². The fraction of sp³-hybridized carbons (Fsp3) is 0.143. The molecule has 7 heteroatoms. The van der Waals surface area contributed by atoms with Gasteiger partial charge in [-0.3, -0.25) is 4.72 Å². The summed E-state index contributed by atoms with van der Waals surface area (Å²) in [6, 6.07) is 10.3. The van der Waals surface area contributed by atoms with Gasteiger partial charge in [0, 0.05) is 10.5 Å². The Morgan fingerprint density at radius 3 is 2.57 bits per heavy atom. The SMILES string of the molecule is CCOc1ccc(NS(=O)(=O)c2ccccc2Br)cc1F. The molecule has 2 aromatic rings. The molecule has 1 N–H and O–H groups in total. The zero-order chi connectivity index (χ0) is 15.5. The quantitative estimate of drug-likeness (QED) is 0.867. The van der Waals surface area contributed by atoms with Crippen molar-refractivity contribution in [2.75, 3.05) is 11.3 Å². The molecule has 0 bridgehead atoms. The number of hydrogen-bond donors (Lipinski definition) is 1. The van der Waals surface area contributed by atoms with Crippen LogP contribution in [0.2, 0.25) is 0 Å². The van der Waals surface area contributed by atoms with E-state index in [1.807, 2.05) is 0 Å². The largest absolute Gasteiger partial charge is 0.491 e. The summed E-state index contributed by atoms with van der Waals surface area (Å²) >= 11 is 3.18. The van der Waals surface area contributed by atoms with Crippen molar-refractivity contribution in [3.05, 3.63) is 52.8 Å². The number of nitrogens with one attached hydrogen (secondary N) is 1. The van der Waals surface area contributed by atoms with Crippen molar-refractivity contribution in [1.82, 2.24) is 0 Å². The van der Waals surface area contributed by atoms with E-state index in [2.05, 4.69) is 20.7 Å². The van der Waals surface area contributed by atoms with Gasteiger partial charge in [-0.15, -0.1) is 0 Å². The smallest absolute Gasteiger partial charge is 0.263 e. The van der Waals surface area contributed by atoms with Crippen LogP contribution < -0.4 is 9.46 Å². The van der Waals surface area contributed by atoms with Crippen molar-refractivity contribution in [2.24, 2.45) is 0 Å². The van der Waals surface area contributed by atoms with Crippen LogP contribution in [0.4, 0.5) is 10.1 Å². The van der Waals surface area contributed by atoms with E-state index in [9.17, 15) is 12.8 Å². The molecule has 0 aliphatic carbocycles. The van der Waals surface area contributed by atoms with E-state index in [1.54, 1.807) is 25.1 Å². The first-order chi connectivity index (χ1) is 9.94. The molecular formula is C14H13BrFNO3S. The van der Waals surface area contributed by atoms with Crippen LogP contribution in [0.5, 0.6) is 5.75 Å². The number of benzene rings is 2. The van der Waals surface area contributed by atoms with Gasteiger partial charge in [-0.2, -0.15) is 0 Å². The summed E-state index contributed by atoms with van der Waals surface area (Å²) in [4.78, 5) is 0.0827. The van der Waals surface area contributed by atoms with Gasteiger partial charge in [0.1, 0.15) is 4.90 Å². The number of anilines is 1. The lowest BCUT2D eigenvalue weighted by molar-refractivity contribution is 0.321. The van der Waals surface area contributed by atoms with Gasteiger partial charge in [-0.1, -0.05) is 12.1 Å². The number of sulfonamides is 1. The average Bonchev–Trinajstić information content (AvgIpc) is 2.42. The second-order valence-electron chi connectivity index (χ2n) is 4.11. The van der Waals surface area contributed by atoms with Crippen LogP contribution in [0.25, 0.3) is 0 Å². The molecule has 0 spiro atoms. The molecule has 0 aromatic heterocycles. The molecule has 0 radical (unpaired) electrons. The Balaban J connectivity index is 2.29. The Bertz CT molecular complexity index is 750. The van der Waals surface area contributed by atoms with Gasteiger partial charge in [-0.05, 0) is 47.1 Å². The van der Waals surface area contributed by atoms with E-state index in [-0.39, 0.29) is 16.3 Å². The van der Waals surface area contributed by atoms with E-state index in [1.165, 1.54) is 18.2 Å². The third-order valence-corrected chi connectivity index (χ3v) is 5.00. The molecule has 0 unspecified atom stereocenters. The number of ether oxygens (including phenoxy) is 1. The lowest BCUT2D eigenvalue weighted by Gasteiger charge is -2.11. The maximum Gasteiger partial charge on any atom is 0.263 e. The van der Waals surface area contributed by atoms with Crippen LogP contribution in [0, 0.1) is 5.82 Å². The first-order valence-corrected chi connectivity index (χ1v) is 8.41. The summed E-state index contributed by atoms with van der Waals surface area (Å²) in [5.41, 5.74) is 0.131. The van der Waals surface area contributed by atoms with Crippen LogP contribution in [0.1, 0.15) is 6.92 Å². The van der Waals surface area contributed by atoms with Crippen molar-refractivity contribution in [3.8, 4) is 5.75 Å². The summed E-state index contributed by atoms with van der Waals surface area (Å²) in [6.45, 7) is 2.07. The van der Waals surface area contributed by atoms with Crippen molar-refractivity contribution < 1.29 is 17.5 Å². The molecule has 0 amide bonds. The second-order valence-corrected chi connectivity index (χ2v) is 6.62. The zero-order valence-corrected chi connectivity index (χ0v) is 13.5. The highest BCUT2D eigenvalue weighted by Crippen LogP contribution is 2.26. The minimum Gasteiger partial charge on any atom is -0.491 e. The number of rotatable bonds is 5. The van der Waals surface area contributed by atoms with Crippen LogP contribution in [0.15, 0.2) is 51.8 Å². The summed E-state index contributed by atoms with van der Waals surface area (Å²) in [7, 11) is -3.79. The maximum absolute atomic E-state index is 13.7. The molecule has 2 aromatic carbocycles. The predicted molar refractivity (Wildman–Crippen MR) is 82.5 cm³/mol. The van der Waals surface area contributed by atoms with Gasteiger partial charge >= 0.3 is 0 Å². The third-order valence-electron chi connectivity index (χ3n) is 2.61. The summed E-state index contributed by atoms with van der Waals surface area (Å²) in [5, 5.41) is 0. The van der Waals surface area contributed by atoms with Crippen LogP contribution in [-0.2, 0) is 10.0 Å². The highest BCUT2D eigenvalue weighted by molar-refractivity contribution is 9.10. The standard InChI is InChI=1S/C14H13BrFNO3S/c1-2-20-13-8-7-10(9-12(13)16)17-21(18,19)14-6-4-3-5-11(14)15/h3-9,17H,2H2,1H3. The molecule has 0 saturated heterocycles. The molecule has 4 nitrogen and oxygen atoms in total. The lowest BCUT2D eigenvalue weighted by atomic mass is 10.3. The van der Waals surface area contributed by atoms with Crippen molar-refractivity contribution in [3.63, 3.8) is 0 Å². The van der Waals surface area contributed by atoms with Crippen molar-refractivity contribution in [2.45, 2.75) is 11.8 Å². The first kappa shape index (κ1) is 15.8. The van der Waals surface area contributed by atoms with Gasteiger partial charge in [0.25, 0.3) is 10.0 Å². The lowest BCUT2D eigenvalue weighted by Crippen LogP contribution is -2.13. The molecule has 0 saturated carbocycles.